The second kappa shape index (κ2) is 7.55. The smallest absolute Gasteiger partial charge is 0.138 e. The topological polar surface area (TPSA) is 35.5 Å². The fourth-order valence-corrected chi connectivity index (χ4v) is 3.34. The number of carbonyl (C=O) groups is 1. The van der Waals surface area contributed by atoms with Crippen molar-refractivity contribution in [3.8, 4) is 0 Å². The third-order valence-electron chi connectivity index (χ3n) is 5.11. The van der Waals surface area contributed by atoms with Crippen LogP contribution >= 0.6 is 0 Å². The van der Waals surface area contributed by atoms with Gasteiger partial charge in [-0.15, -0.1) is 0 Å². The summed E-state index contributed by atoms with van der Waals surface area (Å²) in [5.74, 6) is 0.559. The van der Waals surface area contributed by atoms with E-state index in [1.807, 2.05) is 13.8 Å². The van der Waals surface area contributed by atoms with Crippen molar-refractivity contribution < 1.29 is 14.6 Å². The van der Waals surface area contributed by atoms with Crippen molar-refractivity contribution in [3.05, 3.63) is 12.2 Å². The quantitative estimate of drug-likeness (QED) is 0.391. The van der Waals surface area contributed by atoms with E-state index in [2.05, 4.69) is 19.1 Å². The molecule has 21 heavy (non-hydrogen) atoms. The summed E-state index contributed by atoms with van der Waals surface area (Å²) in [5, 5.41) is 0. The minimum Gasteiger partial charge on any atom is -0.299 e. The maximum Gasteiger partial charge on any atom is 0.138 e. The highest BCUT2D eigenvalue weighted by molar-refractivity contribution is 5.82. The molecule has 0 spiro atoms. The van der Waals surface area contributed by atoms with Crippen LogP contribution in [-0.4, -0.2) is 17.5 Å². The van der Waals surface area contributed by atoms with Crippen molar-refractivity contribution in [2.45, 2.75) is 83.8 Å². The van der Waals surface area contributed by atoms with E-state index < -0.39 is 5.60 Å². The van der Waals surface area contributed by atoms with Gasteiger partial charge >= 0.3 is 0 Å². The van der Waals surface area contributed by atoms with Crippen LogP contribution in [0.1, 0.15) is 72.1 Å². The molecular formula is C18H30O3. The summed E-state index contributed by atoms with van der Waals surface area (Å²) in [7, 11) is 0. The zero-order valence-electron chi connectivity index (χ0n) is 13.8. The van der Waals surface area contributed by atoms with Gasteiger partial charge in [0, 0.05) is 18.3 Å². The highest BCUT2D eigenvalue weighted by atomic mass is 17.2. The molecule has 1 saturated heterocycles. The summed E-state index contributed by atoms with van der Waals surface area (Å²) in [6.45, 7) is 6.23. The molecule has 3 heteroatoms. The monoisotopic (exact) mass is 294 g/mol. The van der Waals surface area contributed by atoms with Crippen molar-refractivity contribution in [1.29, 1.82) is 0 Å². The summed E-state index contributed by atoms with van der Waals surface area (Å²) in [4.78, 5) is 23.2. The predicted octanol–water partition coefficient (Wildman–Crippen LogP) is 4.61. The Morgan fingerprint density at radius 1 is 1.29 bits per heavy atom. The second-order valence-corrected chi connectivity index (χ2v) is 6.90. The first kappa shape index (κ1) is 16.7. The average Bonchev–Trinajstić information content (AvgIpc) is 2.47. The molecule has 0 radical (unpaired) electrons. The molecule has 1 aliphatic carbocycles. The molecule has 1 heterocycles. The molecule has 1 saturated carbocycles. The van der Waals surface area contributed by atoms with Gasteiger partial charge in [0.15, 0.2) is 0 Å². The summed E-state index contributed by atoms with van der Waals surface area (Å²) >= 11 is 0. The van der Waals surface area contributed by atoms with E-state index in [1.165, 1.54) is 32.1 Å². The summed E-state index contributed by atoms with van der Waals surface area (Å²) < 4.78 is 0. The minimum absolute atomic E-state index is 0.0201. The Hall–Kier alpha value is -0.670. The number of Topliss-reactive ketones (excluding diaryl/α,β-unsaturated/α-hetero) is 1. The van der Waals surface area contributed by atoms with E-state index in [1.54, 1.807) is 0 Å². The lowest BCUT2D eigenvalue weighted by Crippen LogP contribution is -2.52. The van der Waals surface area contributed by atoms with Crippen molar-refractivity contribution in [1.82, 2.24) is 0 Å². The molecule has 0 N–H and O–H groups in total. The van der Waals surface area contributed by atoms with Gasteiger partial charge < -0.3 is 0 Å². The van der Waals surface area contributed by atoms with Gasteiger partial charge in [0.25, 0.3) is 0 Å². The van der Waals surface area contributed by atoms with Crippen molar-refractivity contribution in [2.75, 3.05) is 0 Å². The number of unbranched alkanes of at least 4 members (excludes halogenated alkanes) is 5. The molecule has 0 amide bonds. The number of allylic oxidation sites excluding steroid dienone is 1. The molecule has 2 rings (SSSR count). The molecule has 120 valence electrons. The Bertz CT molecular complexity index is 377. The lowest BCUT2D eigenvalue weighted by atomic mass is 9.71. The van der Waals surface area contributed by atoms with Crippen molar-refractivity contribution in [3.63, 3.8) is 0 Å². The Labute approximate surface area is 129 Å². The van der Waals surface area contributed by atoms with Gasteiger partial charge in [-0.3, -0.25) is 4.79 Å². The lowest BCUT2D eigenvalue weighted by molar-refractivity contribution is -0.415. The minimum atomic E-state index is -0.435. The van der Waals surface area contributed by atoms with Crippen molar-refractivity contribution in [2.24, 2.45) is 11.8 Å². The summed E-state index contributed by atoms with van der Waals surface area (Å²) in [6.07, 6.45) is 13.4. The fourth-order valence-electron chi connectivity index (χ4n) is 3.34. The number of carbonyl (C=O) groups excluding carboxylic acids is 1. The van der Waals surface area contributed by atoms with E-state index in [0.29, 0.717) is 12.2 Å². The zero-order chi connectivity index (χ0) is 15.3. The number of ketones is 1. The normalized spacial score (nSPS) is 36.3. The Morgan fingerprint density at radius 2 is 2.05 bits per heavy atom. The van der Waals surface area contributed by atoms with Crippen LogP contribution in [0, 0.1) is 11.8 Å². The van der Waals surface area contributed by atoms with Gasteiger partial charge in [-0.2, -0.15) is 0 Å². The van der Waals surface area contributed by atoms with E-state index in [-0.39, 0.29) is 17.9 Å². The molecule has 2 fully saturated rings. The third kappa shape index (κ3) is 4.17. The van der Waals surface area contributed by atoms with Crippen molar-refractivity contribution >= 4 is 5.78 Å². The van der Waals surface area contributed by atoms with E-state index >= 15 is 0 Å². The van der Waals surface area contributed by atoms with Crippen LogP contribution in [0.25, 0.3) is 0 Å². The number of hydrogen-bond acceptors (Lipinski definition) is 3. The number of rotatable bonds is 7. The molecule has 0 aromatic heterocycles. The summed E-state index contributed by atoms with van der Waals surface area (Å²) in [6, 6.07) is 0. The molecule has 0 aromatic carbocycles. The van der Waals surface area contributed by atoms with E-state index in [4.69, 9.17) is 9.78 Å². The first-order chi connectivity index (χ1) is 10.1. The van der Waals surface area contributed by atoms with Gasteiger partial charge in [0.1, 0.15) is 17.5 Å². The Morgan fingerprint density at radius 3 is 2.81 bits per heavy atom. The fraction of sp³-hybridized carbons (Fsp3) is 0.833. The van der Waals surface area contributed by atoms with Gasteiger partial charge in [-0.05, 0) is 26.2 Å². The predicted molar refractivity (Wildman–Crippen MR) is 83.8 cm³/mol. The third-order valence-corrected chi connectivity index (χ3v) is 5.11. The van der Waals surface area contributed by atoms with Crippen LogP contribution in [-0.2, 0) is 14.6 Å². The number of fused-ring (bicyclic) bond motifs is 2. The zero-order valence-corrected chi connectivity index (χ0v) is 13.8. The van der Waals surface area contributed by atoms with Crippen LogP contribution < -0.4 is 0 Å². The van der Waals surface area contributed by atoms with Gasteiger partial charge in [-0.25, -0.2) is 9.78 Å². The molecule has 4 atom stereocenters. The van der Waals surface area contributed by atoms with Crippen LogP contribution in [0.2, 0.25) is 0 Å². The Kier molecular flexibility index (Phi) is 6.00. The van der Waals surface area contributed by atoms with Crippen LogP contribution in [0.3, 0.4) is 0 Å². The molecule has 0 unspecified atom stereocenters. The molecular weight excluding hydrogens is 264 g/mol. The summed E-state index contributed by atoms with van der Waals surface area (Å²) in [5.41, 5.74) is -0.435. The Balaban J connectivity index is 1.80. The number of hydrogen-bond donors (Lipinski definition) is 0. The van der Waals surface area contributed by atoms with Crippen LogP contribution in [0.4, 0.5) is 0 Å². The average molecular weight is 294 g/mol. The van der Waals surface area contributed by atoms with Crippen LogP contribution in [0.15, 0.2) is 12.2 Å². The first-order valence-electron chi connectivity index (χ1n) is 8.61. The molecule has 1 aliphatic heterocycles. The van der Waals surface area contributed by atoms with Crippen LogP contribution in [0.5, 0.6) is 0 Å². The maximum atomic E-state index is 12.0. The van der Waals surface area contributed by atoms with E-state index in [9.17, 15) is 4.79 Å². The second-order valence-electron chi connectivity index (χ2n) is 6.90. The molecule has 2 aliphatic rings. The SMILES string of the molecule is CCCCCCCC=C[C@]1(C)OO[C@@H]2C[C@H]1CC(=O)[C@@H]2C. The highest BCUT2D eigenvalue weighted by Gasteiger charge is 2.48. The lowest BCUT2D eigenvalue weighted by Gasteiger charge is -2.45. The molecule has 0 aromatic rings. The van der Waals surface area contributed by atoms with Gasteiger partial charge in [0.05, 0.1) is 0 Å². The molecule has 3 nitrogen and oxygen atoms in total. The first-order valence-corrected chi connectivity index (χ1v) is 8.61. The van der Waals surface area contributed by atoms with Gasteiger partial charge in [-0.1, -0.05) is 51.7 Å². The van der Waals surface area contributed by atoms with Gasteiger partial charge in [0.2, 0.25) is 0 Å². The van der Waals surface area contributed by atoms with E-state index in [0.717, 1.165) is 12.8 Å². The molecule has 2 bridgehead atoms. The maximum absolute atomic E-state index is 12.0. The largest absolute Gasteiger partial charge is 0.299 e. The standard InChI is InChI=1S/C18H30O3/c1-4-5-6-7-8-9-10-11-18(3)15-12-16(19)14(2)17(13-15)20-21-18/h10-11,14-15,17H,4-9,12-13H2,1-3H3/t14-,15+,17+,18-/m0/s1. The highest BCUT2D eigenvalue weighted by Crippen LogP contribution is 2.42.